The van der Waals surface area contributed by atoms with Crippen molar-refractivity contribution in [2.45, 2.75) is 30.8 Å². The lowest BCUT2D eigenvalue weighted by Gasteiger charge is -2.35. The van der Waals surface area contributed by atoms with E-state index in [0.717, 1.165) is 37.9 Å². The number of nitrogens with two attached hydrogens (primary N) is 1. The van der Waals surface area contributed by atoms with Crippen LogP contribution in [0, 0.1) is 0 Å². The van der Waals surface area contributed by atoms with E-state index >= 15 is 0 Å². The fourth-order valence-corrected chi connectivity index (χ4v) is 3.89. The van der Waals surface area contributed by atoms with E-state index in [0.29, 0.717) is 35.0 Å². The molecule has 26 heavy (non-hydrogen) atoms. The molecule has 1 aromatic heterocycles. The molecule has 1 aliphatic carbocycles. The first kappa shape index (κ1) is 19.9. The van der Waals surface area contributed by atoms with E-state index in [9.17, 15) is 0 Å². The zero-order valence-electron chi connectivity index (χ0n) is 14.2. The summed E-state index contributed by atoms with van der Waals surface area (Å²) in [6.45, 7) is 2.83. The molecule has 0 bridgehead atoms. The molecule has 2 aliphatic rings. The van der Waals surface area contributed by atoms with E-state index in [1.807, 2.05) is 12.1 Å². The first-order valence-electron chi connectivity index (χ1n) is 8.46. The van der Waals surface area contributed by atoms with Crippen LogP contribution in [-0.4, -0.2) is 41.3 Å². The third-order valence-electron chi connectivity index (χ3n) is 5.03. The van der Waals surface area contributed by atoms with E-state index in [-0.39, 0.29) is 18.4 Å². The van der Waals surface area contributed by atoms with Gasteiger partial charge in [-0.15, -0.1) is 12.4 Å². The molecule has 9 heteroatoms. The molecule has 1 unspecified atom stereocenters. The molecule has 1 saturated carbocycles. The van der Waals surface area contributed by atoms with Gasteiger partial charge in [0.05, 0.1) is 18.8 Å². The second-order valence-corrected chi connectivity index (χ2v) is 7.53. The second-order valence-electron chi connectivity index (χ2n) is 6.68. The van der Waals surface area contributed by atoms with E-state index in [1.54, 1.807) is 6.07 Å². The smallest absolute Gasteiger partial charge is 0.248 e. The number of aromatic nitrogens is 2. The summed E-state index contributed by atoms with van der Waals surface area (Å²) in [7, 11) is 0. The van der Waals surface area contributed by atoms with Gasteiger partial charge in [-0.25, -0.2) is 0 Å². The van der Waals surface area contributed by atoms with Crippen molar-refractivity contribution in [3.05, 3.63) is 45.5 Å². The van der Waals surface area contributed by atoms with Gasteiger partial charge in [-0.2, -0.15) is 4.98 Å². The number of ether oxygens (including phenoxy) is 1. The van der Waals surface area contributed by atoms with Gasteiger partial charge < -0.3 is 15.0 Å². The Morgan fingerprint density at radius 1 is 1.19 bits per heavy atom. The van der Waals surface area contributed by atoms with Crippen LogP contribution in [0.15, 0.2) is 22.7 Å². The van der Waals surface area contributed by atoms with Crippen molar-refractivity contribution in [1.29, 1.82) is 0 Å². The van der Waals surface area contributed by atoms with Crippen LogP contribution < -0.4 is 5.73 Å². The van der Waals surface area contributed by atoms with Gasteiger partial charge in [0.15, 0.2) is 5.82 Å². The van der Waals surface area contributed by atoms with Gasteiger partial charge >= 0.3 is 0 Å². The van der Waals surface area contributed by atoms with Gasteiger partial charge in [0, 0.05) is 23.1 Å². The van der Waals surface area contributed by atoms with Gasteiger partial charge in [0.2, 0.25) is 5.89 Å². The van der Waals surface area contributed by atoms with Crippen LogP contribution in [0.3, 0.4) is 0 Å². The molecule has 1 atom stereocenters. The van der Waals surface area contributed by atoms with E-state index in [1.165, 1.54) is 0 Å². The average molecular weight is 420 g/mol. The molecule has 2 heterocycles. The highest BCUT2D eigenvalue weighted by Crippen LogP contribution is 2.39. The van der Waals surface area contributed by atoms with Crippen molar-refractivity contribution in [3.8, 4) is 0 Å². The SMILES string of the molecule is Cl.NC1(c2noc(C(c3ccc(Cl)cc3Cl)N3CCOCC3)n2)CCC1. The van der Waals surface area contributed by atoms with Crippen LogP contribution in [0.2, 0.25) is 10.0 Å². The molecule has 1 saturated heterocycles. The van der Waals surface area contributed by atoms with Crippen LogP contribution >= 0.6 is 35.6 Å². The Bertz CT molecular complexity index is 760. The number of morpholine rings is 1. The lowest BCUT2D eigenvalue weighted by atomic mass is 9.77. The van der Waals surface area contributed by atoms with Crippen molar-refractivity contribution in [1.82, 2.24) is 15.0 Å². The standard InChI is InChI=1S/C17H20Cl2N4O2.ClH/c18-11-2-3-12(13(19)10-11)14(23-6-8-24-9-7-23)15-21-16(22-25-15)17(20)4-1-5-17;/h2-3,10,14H,1,4-9,20H2;1H. The Balaban J connectivity index is 0.00000196. The Kier molecular flexibility index (Phi) is 6.11. The predicted octanol–water partition coefficient (Wildman–Crippen LogP) is 3.56. The summed E-state index contributed by atoms with van der Waals surface area (Å²) < 4.78 is 11.1. The van der Waals surface area contributed by atoms with Crippen molar-refractivity contribution in [3.63, 3.8) is 0 Å². The number of rotatable bonds is 4. The molecule has 2 N–H and O–H groups in total. The van der Waals surface area contributed by atoms with Crippen molar-refractivity contribution in [2.24, 2.45) is 5.73 Å². The van der Waals surface area contributed by atoms with Gasteiger partial charge in [0.25, 0.3) is 0 Å². The normalized spacial score (nSPS) is 20.9. The highest BCUT2D eigenvalue weighted by Gasteiger charge is 2.40. The third kappa shape index (κ3) is 3.72. The third-order valence-corrected chi connectivity index (χ3v) is 5.60. The maximum absolute atomic E-state index is 6.47. The molecule has 0 radical (unpaired) electrons. The Labute approximate surface area is 168 Å². The molecule has 2 fully saturated rings. The van der Waals surface area contributed by atoms with Crippen LogP contribution in [0.5, 0.6) is 0 Å². The van der Waals surface area contributed by atoms with E-state index in [2.05, 4.69) is 15.0 Å². The summed E-state index contributed by atoms with van der Waals surface area (Å²) in [5.74, 6) is 1.09. The van der Waals surface area contributed by atoms with E-state index in [4.69, 9.17) is 38.2 Å². The van der Waals surface area contributed by atoms with Crippen LogP contribution in [0.4, 0.5) is 0 Å². The first-order chi connectivity index (χ1) is 12.1. The fourth-order valence-electron chi connectivity index (χ4n) is 3.37. The Hall–Kier alpha value is -0.890. The minimum atomic E-state index is -0.457. The molecule has 2 aromatic rings. The Morgan fingerprint density at radius 2 is 1.92 bits per heavy atom. The molecule has 4 rings (SSSR count). The number of halogens is 3. The maximum atomic E-state index is 6.47. The van der Waals surface area contributed by atoms with Crippen molar-refractivity contribution < 1.29 is 9.26 Å². The van der Waals surface area contributed by atoms with Gasteiger partial charge in [-0.05, 0) is 37.0 Å². The molecular weight excluding hydrogens is 399 g/mol. The highest BCUT2D eigenvalue weighted by molar-refractivity contribution is 6.35. The largest absolute Gasteiger partial charge is 0.379 e. The van der Waals surface area contributed by atoms with Gasteiger partial charge in [0.1, 0.15) is 6.04 Å². The molecule has 1 aromatic carbocycles. The predicted molar refractivity (Wildman–Crippen MR) is 102 cm³/mol. The second kappa shape index (κ2) is 8.00. The van der Waals surface area contributed by atoms with E-state index < -0.39 is 5.54 Å². The highest BCUT2D eigenvalue weighted by atomic mass is 35.5. The number of hydrogen-bond donors (Lipinski definition) is 1. The van der Waals surface area contributed by atoms with Crippen LogP contribution in [0.25, 0.3) is 0 Å². The summed E-state index contributed by atoms with van der Waals surface area (Å²) in [6, 6.07) is 5.23. The maximum Gasteiger partial charge on any atom is 0.248 e. The first-order valence-corrected chi connectivity index (χ1v) is 9.22. The fraction of sp³-hybridized carbons (Fsp3) is 0.529. The lowest BCUT2D eigenvalue weighted by molar-refractivity contribution is 0.0181. The number of benzene rings is 1. The molecule has 1 aliphatic heterocycles. The molecule has 0 amide bonds. The molecule has 0 spiro atoms. The molecule has 142 valence electrons. The number of nitrogens with zero attached hydrogens (tertiary/aromatic N) is 3. The quantitative estimate of drug-likeness (QED) is 0.816. The zero-order chi connectivity index (χ0) is 17.4. The minimum Gasteiger partial charge on any atom is -0.379 e. The number of hydrogen-bond acceptors (Lipinski definition) is 6. The summed E-state index contributed by atoms with van der Waals surface area (Å²) in [5.41, 5.74) is 6.78. The molecule has 6 nitrogen and oxygen atoms in total. The summed E-state index contributed by atoms with van der Waals surface area (Å²) in [4.78, 5) is 6.88. The zero-order valence-corrected chi connectivity index (χ0v) is 16.5. The minimum absolute atomic E-state index is 0. The summed E-state index contributed by atoms with van der Waals surface area (Å²) in [5, 5.41) is 5.33. The van der Waals surface area contributed by atoms with Crippen molar-refractivity contribution >= 4 is 35.6 Å². The Morgan fingerprint density at radius 3 is 2.54 bits per heavy atom. The van der Waals surface area contributed by atoms with Crippen LogP contribution in [-0.2, 0) is 10.3 Å². The van der Waals surface area contributed by atoms with Gasteiger partial charge in [-0.3, -0.25) is 4.90 Å². The van der Waals surface area contributed by atoms with Crippen LogP contribution in [0.1, 0.15) is 42.6 Å². The summed E-state index contributed by atoms with van der Waals surface area (Å²) in [6.07, 6.45) is 2.86. The molecular formula is C17H21Cl3N4O2. The topological polar surface area (TPSA) is 77.4 Å². The lowest BCUT2D eigenvalue weighted by Crippen LogP contribution is -2.44. The summed E-state index contributed by atoms with van der Waals surface area (Å²) >= 11 is 12.5. The van der Waals surface area contributed by atoms with Crippen molar-refractivity contribution in [2.75, 3.05) is 26.3 Å². The average Bonchev–Trinajstić information content (AvgIpc) is 3.06. The van der Waals surface area contributed by atoms with Gasteiger partial charge in [-0.1, -0.05) is 34.4 Å². The monoisotopic (exact) mass is 418 g/mol.